The highest BCUT2D eigenvalue weighted by Gasteiger charge is 2.02. The fourth-order valence-corrected chi connectivity index (χ4v) is 0.533. The molecule has 0 unspecified atom stereocenters. The van der Waals surface area contributed by atoms with E-state index in [2.05, 4.69) is 9.97 Å². The van der Waals surface area contributed by atoms with Crippen LogP contribution < -0.4 is 4.84 Å². The van der Waals surface area contributed by atoms with Gasteiger partial charge in [-0.15, -0.1) is 0 Å². The van der Waals surface area contributed by atoms with Gasteiger partial charge in [0.2, 0.25) is 0 Å². The van der Waals surface area contributed by atoms with Gasteiger partial charge >= 0.3 is 0 Å². The minimum atomic E-state index is -0.380. The molecule has 0 bridgehead atoms. The average molecular weight is 146 g/mol. The molecule has 4 nitrogen and oxygen atoms in total. The Labute approximate surface area is 56.4 Å². The summed E-state index contributed by atoms with van der Waals surface area (Å²) in [6, 6.07) is 0. The van der Waals surface area contributed by atoms with Gasteiger partial charge in [-0.3, -0.25) is 9.63 Å². The normalized spacial score (nSPS) is 9.00. The fraction of sp³-hybridized carbons (Fsp3) is 0. The Hall–Kier alpha value is -1.03. The number of halogens is 1. The summed E-state index contributed by atoms with van der Waals surface area (Å²) in [6.07, 6.45) is 2.79. The Bertz CT molecular complexity index is 196. The third kappa shape index (κ3) is 1.20. The predicted molar refractivity (Wildman–Crippen MR) is 31.9 cm³/mol. The molecule has 9 heavy (non-hydrogen) atoms. The average Bonchev–Trinajstić information content (AvgIpc) is 2.37. The maximum atomic E-state index is 10.6. The molecule has 1 aromatic heterocycles. The van der Waals surface area contributed by atoms with E-state index in [1.165, 1.54) is 12.5 Å². The number of nitrogens with zero attached hydrogens (tertiary/aromatic N) is 1. The van der Waals surface area contributed by atoms with Crippen LogP contribution in [0.3, 0.4) is 0 Å². The number of H-pyrrole nitrogens is 1. The zero-order valence-electron chi connectivity index (χ0n) is 4.39. The highest BCUT2D eigenvalue weighted by atomic mass is 35.5. The fourth-order valence-electron chi connectivity index (χ4n) is 0.431. The van der Waals surface area contributed by atoms with E-state index in [1.54, 1.807) is 0 Å². The van der Waals surface area contributed by atoms with E-state index in [4.69, 9.17) is 11.8 Å². The molecule has 0 radical (unpaired) electrons. The lowest BCUT2D eigenvalue weighted by Crippen LogP contribution is -2.12. The molecule has 0 saturated carbocycles. The Morgan fingerprint density at radius 1 is 1.89 bits per heavy atom. The van der Waals surface area contributed by atoms with Crippen molar-refractivity contribution in [3.63, 3.8) is 0 Å². The molecule has 0 saturated heterocycles. The van der Waals surface area contributed by atoms with E-state index in [9.17, 15) is 4.79 Å². The minimum absolute atomic E-state index is 0.352. The van der Waals surface area contributed by atoms with Gasteiger partial charge in [0.1, 0.15) is 5.69 Å². The maximum absolute atomic E-state index is 10.6. The Morgan fingerprint density at radius 2 is 2.67 bits per heavy atom. The van der Waals surface area contributed by atoms with Gasteiger partial charge in [0.25, 0.3) is 5.91 Å². The SMILES string of the molecule is O=C(NCl)c1cnc[nH]1. The molecule has 1 amide bonds. The van der Waals surface area contributed by atoms with Crippen molar-refractivity contribution < 1.29 is 4.79 Å². The van der Waals surface area contributed by atoms with Crippen LogP contribution in [0.25, 0.3) is 0 Å². The third-order valence-electron chi connectivity index (χ3n) is 0.829. The second-order valence-electron chi connectivity index (χ2n) is 1.39. The molecule has 0 fully saturated rings. The largest absolute Gasteiger partial charge is 0.341 e. The summed E-state index contributed by atoms with van der Waals surface area (Å²) >= 11 is 5.00. The van der Waals surface area contributed by atoms with E-state index in [0.717, 1.165) is 0 Å². The molecule has 1 aromatic rings. The van der Waals surface area contributed by atoms with E-state index in [0.29, 0.717) is 5.69 Å². The Morgan fingerprint density at radius 3 is 3.11 bits per heavy atom. The summed E-state index contributed by atoms with van der Waals surface area (Å²) in [5.41, 5.74) is 0.352. The van der Waals surface area contributed by atoms with Gasteiger partial charge in [0.05, 0.1) is 12.5 Å². The van der Waals surface area contributed by atoms with Crippen molar-refractivity contribution in [3.05, 3.63) is 18.2 Å². The molecular formula is C4H4ClN3O. The van der Waals surface area contributed by atoms with E-state index in [1.807, 2.05) is 4.84 Å². The van der Waals surface area contributed by atoms with Crippen LogP contribution in [-0.4, -0.2) is 15.9 Å². The first-order valence-corrected chi connectivity index (χ1v) is 2.61. The molecule has 5 heteroatoms. The van der Waals surface area contributed by atoms with Crippen molar-refractivity contribution in [2.45, 2.75) is 0 Å². The summed E-state index contributed by atoms with van der Waals surface area (Å²) < 4.78 is 0. The minimum Gasteiger partial charge on any atom is -0.341 e. The van der Waals surface area contributed by atoms with Crippen LogP contribution in [-0.2, 0) is 0 Å². The Kier molecular flexibility index (Phi) is 1.69. The number of hydrogen-bond donors (Lipinski definition) is 2. The number of aromatic nitrogens is 2. The molecule has 48 valence electrons. The molecule has 1 heterocycles. The van der Waals surface area contributed by atoms with E-state index in [-0.39, 0.29) is 5.91 Å². The van der Waals surface area contributed by atoms with Crippen LogP contribution in [0.2, 0.25) is 0 Å². The molecule has 2 N–H and O–H groups in total. The van der Waals surface area contributed by atoms with Crippen molar-refractivity contribution in [3.8, 4) is 0 Å². The number of imidazole rings is 1. The van der Waals surface area contributed by atoms with E-state index >= 15 is 0 Å². The first kappa shape index (κ1) is 6.10. The summed E-state index contributed by atoms with van der Waals surface area (Å²) in [5.74, 6) is -0.380. The van der Waals surface area contributed by atoms with Crippen LogP contribution in [0.5, 0.6) is 0 Å². The van der Waals surface area contributed by atoms with Crippen LogP contribution in [0.15, 0.2) is 12.5 Å². The smallest absolute Gasteiger partial charge is 0.283 e. The lowest BCUT2D eigenvalue weighted by atomic mass is 10.5. The van der Waals surface area contributed by atoms with Crippen molar-refractivity contribution in [1.82, 2.24) is 14.8 Å². The summed E-state index contributed by atoms with van der Waals surface area (Å²) in [7, 11) is 0. The molecule has 1 rings (SSSR count). The zero-order valence-corrected chi connectivity index (χ0v) is 5.14. The summed E-state index contributed by atoms with van der Waals surface area (Å²) in [5, 5.41) is 0. The van der Waals surface area contributed by atoms with Gasteiger partial charge in [-0.25, -0.2) is 4.98 Å². The second-order valence-corrected chi connectivity index (χ2v) is 1.58. The van der Waals surface area contributed by atoms with Crippen LogP contribution >= 0.6 is 11.8 Å². The number of hydrogen-bond acceptors (Lipinski definition) is 2. The van der Waals surface area contributed by atoms with Gasteiger partial charge in [-0.1, -0.05) is 0 Å². The van der Waals surface area contributed by atoms with Crippen molar-refractivity contribution >= 4 is 17.7 Å². The number of nitrogens with one attached hydrogen (secondary N) is 2. The summed E-state index contributed by atoms with van der Waals surface area (Å²) in [4.78, 5) is 18.7. The number of aromatic amines is 1. The van der Waals surface area contributed by atoms with Crippen LogP contribution in [0.4, 0.5) is 0 Å². The number of carbonyl (C=O) groups is 1. The highest BCUT2D eigenvalue weighted by Crippen LogP contribution is 1.89. The van der Waals surface area contributed by atoms with E-state index < -0.39 is 0 Å². The Balaban J connectivity index is 2.77. The molecular weight excluding hydrogens is 142 g/mol. The zero-order chi connectivity index (χ0) is 6.69. The summed E-state index contributed by atoms with van der Waals surface area (Å²) in [6.45, 7) is 0. The van der Waals surface area contributed by atoms with Crippen molar-refractivity contribution in [2.75, 3.05) is 0 Å². The van der Waals surface area contributed by atoms with Crippen molar-refractivity contribution in [2.24, 2.45) is 0 Å². The first-order valence-electron chi connectivity index (χ1n) is 2.24. The van der Waals surface area contributed by atoms with Gasteiger partial charge in [0, 0.05) is 11.8 Å². The van der Waals surface area contributed by atoms with Gasteiger partial charge in [0.15, 0.2) is 0 Å². The van der Waals surface area contributed by atoms with Crippen LogP contribution in [0, 0.1) is 0 Å². The standard InChI is InChI=1S/C4H4ClN3O/c5-8-4(9)3-1-6-2-7-3/h1-2H,(H,6,7)(H,8,9). The maximum Gasteiger partial charge on any atom is 0.283 e. The molecule has 0 aliphatic rings. The number of carbonyl (C=O) groups excluding carboxylic acids is 1. The predicted octanol–water partition coefficient (Wildman–Crippen LogP) is 0.293. The lowest BCUT2D eigenvalue weighted by Gasteiger charge is -1.87. The number of rotatable bonds is 1. The molecule has 0 aliphatic heterocycles. The second kappa shape index (κ2) is 2.50. The highest BCUT2D eigenvalue weighted by molar-refractivity contribution is 6.23. The quantitative estimate of drug-likeness (QED) is 0.559. The van der Waals surface area contributed by atoms with Gasteiger partial charge in [-0.2, -0.15) is 0 Å². The monoisotopic (exact) mass is 145 g/mol. The first-order chi connectivity index (χ1) is 4.34. The van der Waals surface area contributed by atoms with Gasteiger partial charge < -0.3 is 4.98 Å². The topological polar surface area (TPSA) is 57.8 Å². The molecule has 0 spiro atoms. The van der Waals surface area contributed by atoms with Crippen molar-refractivity contribution in [1.29, 1.82) is 0 Å². The molecule has 0 aromatic carbocycles. The number of amides is 1. The molecule has 0 aliphatic carbocycles. The lowest BCUT2D eigenvalue weighted by molar-refractivity contribution is 0.0977. The van der Waals surface area contributed by atoms with Crippen LogP contribution in [0.1, 0.15) is 10.5 Å². The third-order valence-corrected chi connectivity index (χ3v) is 1.00. The van der Waals surface area contributed by atoms with Gasteiger partial charge in [-0.05, 0) is 0 Å². The molecule has 0 atom stereocenters.